The van der Waals surface area contributed by atoms with Crippen LogP contribution >= 0.6 is 0 Å². The highest BCUT2D eigenvalue weighted by Gasteiger charge is 2.32. The van der Waals surface area contributed by atoms with Crippen LogP contribution < -0.4 is 4.90 Å². The molecule has 118 valence electrons. The van der Waals surface area contributed by atoms with Gasteiger partial charge in [-0.2, -0.15) is 0 Å². The van der Waals surface area contributed by atoms with Crippen LogP contribution in [-0.2, 0) is 9.53 Å². The summed E-state index contributed by atoms with van der Waals surface area (Å²) in [6.45, 7) is 1.57. The molecule has 4 nitrogen and oxygen atoms in total. The molecule has 4 heteroatoms. The van der Waals surface area contributed by atoms with Crippen molar-refractivity contribution >= 4 is 11.6 Å². The summed E-state index contributed by atoms with van der Waals surface area (Å²) in [5.74, 6) is 0.150. The zero-order chi connectivity index (χ0) is 15.5. The summed E-state index contributed by atoms with van der Waals surface area (Å²) < 4.78 is 5.34. The van der Waals surface area contributed by atoms with E-state index in [0.717, 1.165) is 44.4 Å². The van der Waals surface area contributed by atoms with Gasteiger partial charge < -0.3 is 14.5 Å². The van der Waals surface area contributed by atoms with Gasteiger partial charge in [-0.05, 0) is 43.4 Å². The van der Waals surface area contributed by atoms with Crippen molar-refractivity contribution < 1.29 is 9.53 Å². The van der Waals surface area contributed by atoms with E-state index in [1.165, 1.54) is 11.3 Å². The normalized spacial score (nSPS) is 21.3. The van der Waals surface area contributed by atoms with Gasteiger partial charge in [-0.25, -0.2) is 0 Å². The number of anilines is 1. The molecule has 0 radical (unpaired) electrons. The smallest absolute Gasteiger partial charge is 0.253 e. The predicted octanol–water partition coefficient (Wildman–Crippen LogP) is 3.11. The van der Waals surface area contributed by atoms with Gasteiger partial charge in [-0.3, -0.25) is 4.79 Å². The summed E-state index contributed by atoms with van der Waals surface area (Å²) >= 11 is 0. The molecule has 1 atom stereocenters. The van der Waals surface area contributed by atoms with Crippen LogP contribution in [0.5, 0.6) is 0 Å². The van der Waals surface area contributed by atoms with Crippen molar-refractivity contribution in [3.8, 4) is 0 Å². The summed E-state index contributed by atoms with van der Waals surface area (Å²) in [6.07, 6.45) is 5.54. The van der Waals surface area contributed by atoms with E-state index in [9.17, 15) is 4.79 Å². The van der Waals surface area contributed by atoms with Gasteiger partial charge in [0.15, 0.2) is 0 Å². The first-order chi connectivity index (χ1) is 10.7. The van der Waals surface area contributed by atoms with Gasteiger partial charge >= 0.3 is 0 Å². The average Bonchev–Trinajstić information content (AvgIpc) is 3.04. The van der Waals surface area contributed by atoms with Crippen LogP contribution in [0.4, 0.5) is 5.69 Å². The highest BCUT2D eigenvalue weighted by molar-refractivity contribution is 5.93. The largest absolute Gasteiger partial charge is 0.501 e. The van der Waals surface area contributed by atoms with E-state index in [2.05, 4.69) is 29.2 Å². The molecule has 22 heavy (non-hydrogen) atoms. The summed E-state index contributed by atoms with van der Waals surface area (Å²) in [5, 5.41) is 0. The number of benzene rings is 1. The number of carbonyl (C=O) groups is 1. The lowest BCUT2D eigenvalue weighted by molar-refractivity contribution is -0.128. The number of hydrogen-bond donors (Lipinski definition) is 0. The molecule has 1 amide bonds. The van der Waals surface area contributed by atoms with Crippen LogP contribution in [0.2, 0.25) is 0 Å². The van der Waals surface area contributed by atoms with Crippen molar-refractivity contribution in [2.75, 3.05) is 32.1 Å². The van der Waals surface area contributed by atoms with Gasteiger partial charge in [-0.15, -0.1) is 0 Å². The second-order valence-electron chi connectivity index (χ2n) is 6.26. The molecule has 0 unspecified atom stereocenters. The highest BCUT2D eigenvalue weighted by atomic mass is 16.5. The lowest BCUT2D eigenvalue weighted by Gasteiger charge is -2.27. The Labute approximate surface area is 132 Å². The van der Waals surface area contributed by atoms with Crippen LogP contribution in [0.15, 0.2) is 36.1 Å². The Bertz CT molecular complexity index is 580. The molecule has 0 saturated carbocycles. The Morgan fingerprint density at radius 2 is 2.18 bits per heavy atom. The minimum Gasteiger partial charge on any atom is -0.501 e. The number of likely N-dealkylation sites (tertiary alicyclic amines) is 1. The zero-order valence-corrected chi connectivity index (χ0v) is 13.4. The highest BCUT2D eigenvalue weighted by Crippen LogP contribution is 2.35. The van der Waals surface area contributed by atoms with Crippen molar-refractivity contribution in [2.45, 2.75) is 31.7 Å². The standard InChI is InChI=1S/C18H24N2O2/c1-19(2)16-8-3-6-14(12-16)17-9-4-10-20(17)18(21)15-7-5-11-22-13-15/h3,6,8,12-13,17H,4-5,7,9-11H2,1-2H3/t17-/m1/s1. The lowest BCUT2D eigenvalue weighted by atomic mass is 10.0. The van der Waals surface area contributed by atoms with E-state index < -0.39 is 0 Å². The van der Waals surface area contributed by atoms with Gasteiger partial charge in [0.2, 0.25) is 0 Å². The zero-order valence-electron chi connectivity index (χ0n) is 13.4. The van der Waals surface area contributed by atoms with Crippen molar-refractivity contribution in [3.63, 3.8) is 0 Å². The number of carbonyl (C=O) groups excluding carboxylic acids is 1. The van der Waals surface area contributed by atoms with Crippen LogP contribution in [0.25, 0.3) is 0 Å². The number of amides is 1. The molecule has 0 aromatic heterocycles. The van der Waals surface area contributed by atoms with Gasteiger partial charge in [0.25, 0.3) is 5.91 Å². The molecule has 2 aliphatic heterocycles. The minimum absolute atomic E-state index is 0.150. The van der Waals surface area contributed by atoms with Gasteiger partial charge in [0.1, 0.15) is 0 Å². The first kappa shape index (κ1) is 14.9. The average molecular weight is 300 g/mol. The molecule has 1 saturated heterocycles. The molecule has 2 heterocycles. The van der Waals surface area contributed by atoms with Crippen LogP contribution in [0.1, 0.15) is 37.3 Å². The summed E-state index contributed by atoms with van der Waals surface area (Å²) in [5.41, 5.74) is 3.23. The van der Waals surface area contributed by atoms with Crippen molar-refractivity contribution in [1.29, 1.82) is 0 Å². The second-order valence-corrected chi connectivity index (χ2v) is 6.26. The van der Waals surface area contributed by atoms with E-state index in [1.807, 2.05) is 19.0 Å². The first-order valence-electron chi connectivity index (χ1n) is 8.06. The fourth-order valence-electron chi connectivity index (χ4n) is 3.27. The van der Waals surface area contributed by atoms with E-state index in [0.29, 0.717) is 0 Å². The maximum atomic E-state index is 12.8. The molecule has 3 rings (SSSR count). The van der Waals surface area contributed by atoms with Crippen LogP contribution in [0.3, 0.4) is 0 Å². The third-order valence-electron chi connectivity index (χ3n) is 4.49. The number of rotatable bonds is 3. The fourth-order valence-corrected chi connectivity index (χ4v) is 3.27. The minimum atomic E-state index is 0.150. The van der Waals surface area contributed by atoms with Gasteiger partial charge in [-0.1, -0.05) is 12.1 Å². The Kier molecular flexibility index (Phi) is 4.36. The Morgan fingerprint density at radius 1 is 1.32 bits per heavy atom. The number of hydrogen-bond acceptors (Lipinski definition) is 3. The Balaban J connectivity index is 1.82. The second kappa shape index (κ2) is 6.42. The van der Waals surface area contributed by atoms with Gasteiger partial charge in [0, 0.05) is 26.3 Å². The molecule has 0 spiro atoms. The molecule has 1 fully saturated rings. The van der Waals surface area contributed by atoms with Crippen LogP contribution in [0, 0.1) is 0 Å². The first-order valence-corrected chi connectivity index (χ1v) is 8.06. The van der Waals surface area contributed by atoms with Crippen molar-refractivity contribution in [3.05, 3.63) is 41.7 Å². The quantitative estimate of drug-likeness (QED) is 0.860. The summed E-state index contributed by atoms with van der Waals surface area (Å²) in [4.78, 5) is 16.9. The molecule has 0 N–H and O–H groups in total. The van der Waals surface area contributed by atoms with E-state index in [1.54, 1.807) is 6.26 Å². The fraction of sp³-hybridized carbons (Fsp3) is 0.500. The monoisotopic (exact) mass is 300 g/mol. The Morgan fingerprint density at radius 3 is 2.91 bits per heavy atom. The van der Waals surface area contributed by atoms with Crippen molar-refractivity contribution in [1.82, 2.24) is 4.90 Å². The molecular weight excluding hydrogens is 276 g/mol. The number of nitrogens with zero attached hydrogens (tertiary/aromatic N) is 2. The SMILES string of the molecule is CN(C)c1cccc([C@H]2CCCN2C(=O)C2=COCCC2)c1. The van der Waals surface area contributed by atoms with E-state index in [-0.39, 0.29) is 11.9 Å². The van der Waals surface area contributed by atoms with E-state index >= 15 is 0 Å². The summed E-state index contributed by atoms with van der Waals surface area (Å²) in [7, 11) is 4.09. The molecule has 1 aromatic rings. The number of ether oxygens (including phenoxy) is 1. The molecule has 0 aliphatic carbocycles. The lowest BCUT2D eigenvalue weighted by Crippen LogP contribution is -2.32. The molecular formula is C18H24N2O2. The predicted molar refractivity (Wildman–Crippen MR) is 87.7 cm³/mol. The summed E-state index contributed by atoms with van der Waals surface area (Å²) in [6, 6.07) is 8.70. The molecule has 0 bridgehead atoms. The molecule has 1 aromatic carbocycles. The maximum absolute atomic E-state index is 12.8. The third kappa shape index (κ3) is 2.96. The third-order valence-corrected chi connectivity index (χ3v) is 4.49. The van der Waals surface area contributed by atoms with Gasteiger partial charge in [0.05, 0.1) is 24.5 Å². The topological polar surface area (TPSA) is 32.8 Å². The molecule has 2 aliphatic rings. The van der Waals surface area contributed by atoms with E-state index in [4.69, 9.17) is 4.74 Å². The maximum Gasteiger partial charge on any atom is 0.253 e. The van der Waals surface area contributed by atoms with Crippen LogP contribution in [-0.4, -0.2) is 38.1 Å². The van der Waals surface area contributed by atoms with Crippen molar-refractivity contribution in [2.24, 2.45) is 0 Å². The Hall–Kier alpha value is -1.97.